The monoisotopic (exact) mass is 442 g/mol. The molecule has 30 heavy (non-hydrogen) atoms. The van der Waals surface area contributed by atoms with Crippen molar-refractivity contribution in [2.45, 2.75) is 79.1 Å². The molecule has 1 rings (SSSR count). The molecule has 1 heterocycles. The molecule has 0 saturated heterocycles. The van der Waals surface area contributed by atoms with Crippen molar-refractivity contribution in [3.8, 4) is 6.07 Å². The maximum atomic E-state index is 11.4. The molecule has 0 atom stereocenters. The van der Waals surface area contributed by atoms with E-state index >= 15 is 0 Å². The molecule has 0 bridgehead atoms. The van der Waals surface area contributed by atoms with Gasteiger partial charge < -0.3 is 18.9 Å². The number of amides is 1. The summed E-state index contributed by atoms with van der Waals surface area (Å²) < 4.78 is 18.9. The van der Waals surface area contributed by atoms with E-state index in [2.05, 4.69) is 10.1 Å². The van der Waals surface area contributed by atoms with E-state index < -0.39 is 35.2 Å². The normalized spacial score (nSPS) is 11.2. The molecule has 1 aromatic rings. The van der Waals surface area contributed by atoms with Crippen molar-refractivity contribution < 1.29 is 33.3 Å². The summed E-state index contributed by atoms with van der Waals surface area (Å²) in [7, 11) is 0. The Bertz CT molecular complexity index is 749. The SMILES string of the molecule is CC(C)(C)OC(=O)Nc1sccc1C#N.CC(C)(C)OC(=O)OC(=O)OC(C)(C)C. The van der Waals surface area contributed by atoms with Gasteiger partial charge in [0.1, 0.15) is 27.9 Å². The summed E-state index contributed by atoms with van der Waals surface area (Å²) >= 11 is 1.29. The fourth-order valence-corrected chi connectivity index (χ4v) is 2.22. The summed E-state index contributed by atoms with van der Waals surface area (Å²) in [5, 5.41) is 13.5. The lowest BCUT2D eigenvalue weighted by atomic mass is 10.2. The van der Waals surface area contributed by atoms with Crippen LogP contribution in [-0.4, -0.2) is 35.2 Å². The summed E-state index contributed by atoms with van der Waals surface area (Å²) in [4.78, 5) is 33.4. The fourth-order valence-electron chi connectivity index (χ4n) is 1.50. The maximum Gasteiger partial charge on any atom is 0.519 e. The Hall–Kier alpha value is -2.80. The van der Waals surface area contributed by atoms with Crippen LogP contribution in [0.15, 0.2) is 11.4 Å². The summed E-state index contributed by atoms with van der Waals surface area (Å²) in [6.07, 6.45) is -2.66. The number of ether oxygens (including phenoxy) is 4. The van der Waals surface area contributed by atoms with Gasteiger partial charge in [-0.1, -0.05) is 0 Å². The van der Waals surface area contributed by atoms with E-state index in [9.17, 15) is 14.4 Å². The molecular formula is C20H30N2O7S. The Balaban J connectivity index is 0.000000561. The van der Waals surface area contributed by atoms with E-state index in [0.29, 0.717) is 10.6 Å². The Kier molecular flexibility index (Phi) is 9.82. The zero-order valence-electron chi connectivity index (χ0n) is 18.9. The average molecular weight is 443 g/mol. The first kappa shape index (κ1) is 27.2. The topological polar surface area (TPSA) is 124 Å². The third-order valence-corrected chi connectivity index (χ3v) is 3.18. The van der Waals surface area contributed by atoms with E-state index in [0.717, 1.165) is 0 Å². The number of nitrogens with zero attached hydrogens (tertiary/aromatic N) is 1. The summed E-state index contributed by atoms with van der Waals surface area (Å²) in [6.45, 7) is 15.4. The van der Waals surface area contributed by atoms with Gasteiger partial charge in [0.05, 0.1) is 5.56 Å². The van der Waals surface area contributed by atoms with E-state index in [4.69, 9.17) is 19.5 Å². The largest absolute Gasteiger partial charge is 0.519 e. The number of carbonyl (C=O) groups is 3. The summed E-state index contributed by atoms with van der Waals surface area (Å²) in [6, 6.07) is 3.63. The highest BCUT2D eigenvalue weighted by Gasteiger charge is 2.24. The van der Waals surface area contributed by atoms with Gasteiger partial charge in [-0.25, -0.2) is 14.4 Å². The lowest BCUT2D eigenvalue weighted by molar-refractivity contribution is -0.0294. The van der Waals surface area contributed by atoms with Crippen molar-refractivity contribution in [1.29, 1.82) is 5.26 Å². The van der Waals surface area contributed by atoms with Crippen molar-refractivity contribution >= 4 is 34.7 Å². The third kappa shape index (κ3) is 14.2. The first-order valence-electron chi connectivity index (χ1n) is 9.03. The van der Waals surface area contributed by atoms with E-state index in [1.54, 1.807) is 73.8 Å². The first-order chi connectivity index (χ1) is 13.4. The summed E-state index contributed by atoms with van der Waals surface area (Å²) in [5.41, 5.74) is -1.47. The van der Waals surface area contributed by atoms with Crippen LogP contribution < -0.4 is 5.32 Å². The average Bonchev–Trinajstić information content (AvgIpc) is 2.88. The van der Waals surface area contributed by atoms with Gasteiger partial charge in [-0.15, -0.1) is 11.3 Å². The highest BCUT2D eigenvalue weighted by atomic mass is 32.1. The third-order valence-electron chi connectivity index (χ3n) is 2.35. The molecule has 0 saturated carbocycles. The second kappa shape index (κ2) is 10.8. The van der Waals surface area contributed by atoms with Gasteiger partial charge in [-0.3, -0.25) is 5.32 Å². The molecule has 0 aliphatic heterocycles. The number of thiophene rings is 1. The van der Waals surface area contributed by atoms with E-state index in [1.807, 2.05) is 6.07 Å². The van der Waals surface area contributed by atoms with Gasteiger partial charge in [0.15, 0.2) is 0 Å². The lowest BCUT2D eigenvalue weighted by Gasteiger charge is -2.20. The van der Waals surface area contributed by atoms with Crippen molar-refractivity contribution in [1.82, 2.24) is 0 Å². The number of hydrogen-bond donors (Lipinski definition) is 1. The van der Waals surface area contributed by atoms with Crippen molar-refractivity contribution in [2.75, 3.05) is 5.32 Å². The van der Waals surface area contributed by atoms with Crippen LogP contribution in [0.3, 0.4) is 0 Å². The van der Waals surface area contributed by atoms with Crippen LogP contribution in [0, 0.1) is 11.3 Å². The maximum absolute atomic E-state index is 11.4. The number of anilines is 1. The number of carbonyl (C=O) groups excluding carboxylic acids is 3. The van der Waals surface area contributed by atoms with Gasteiger partial charge in [0.2, 0.25) is 0 Å². The molecule has 1 amide bonds. The standard InChI is InChI=1S/C10H12N2O2S.C10H18O5/c1-10(2,3)14-9(13)12-8-7(6-11)4-5-15-8;1-9(2,3)14-7(11)13-8(12)15-10(4,5)6/h4-5H,1-3H3,(H,12,13);1-6H3. The molecule has 10 heteroatoms. The zero-order valence-corrected chi connectivity index (χ0v) is 19.7. The highest BCUT2D eigenvalue weighted by Crippen LogP contribution is 2.22. The Labute approximate surface area is 181 Å². The fraction of sp³-hybridized carbons (Fsp3) is 0.600. The van der Waals surface area contributed by atoms with Crippen LogP contribution in [0.25, 0.3) is 0 Å². The van der Waals surface area contributed by atoms with Crippen LogP contribution in [0.5, 0.6) is 0 Å². The van der Waals surface area contributed by atoms with Crippen molar-refractivity contribution in [3.63, 3.8) is 0 Å². The Morgan fingerprint density at radius 2 is 1.30 bits per heavy atom. The van der Waals surface area contributed by atoms with Crippen LogP contribution in [-0.2, 0) is 18.9 Å². The Morgan fingerprint density at radius 1 is 0.867 bits per heavy atom. The predicted molar refractivity (Wildman–Crippen MR) is 112 cm³/mol. The zero-order chi connectivity index (χ0) is 23.8. The van der Waals surface area contributed by atoms with Gasteiger partial charge in [0, 0.05) is 0 Å². The minimum atomic E-state index is -1.06. The smallest absolute Gasteiger partial charge is 0.444 e. The second-order valence-corrected chi connectivity index (χ2v) is 9.85. The van der Waals surface area contributed by atoms with Crippen LogP contribution in [0.2, 0.25) is 0 Å². The minimum absolute atomic E-state index is 0.450. The first-order valence-corrected chi connectivity index (χ1v) is 9.91. The van der Waals surface area contributed by atoms with Crippen LogP contribution >= 0.6 is 11.3 Å². The van der Waals surface area contributed by atoms with Crippen molar-refractivity contribution in [3.05, 3.63) is 17.0 Å². The van der Waals surface area contributed by atoms with Crippen LogP contribution in [0.4, 0.5) is 19.4 Å². The molecule has 0 radical (unpaired) electrons. The quantitative estimate of drug-likeness (QED) is 0.327. The number of nitriles is 1. The van der Waals surface area contributed by atoms with Gasteiger partial charge in [-0.05, 0) is 73.8 Å². The molecule has 0 aromatic carbocycles. The predicted octanol–water partition coefficient (Wildman–Crippen LogP) is 5.84. The molecule has 0 fully saturated rings. The molecule has 9 nitrogen and oxygen atoms in total. The van der Waals surface area contributed by atoms with Crippen molar-refractivity contribution in [2.24, 2.45) is 0 Å². The van der Waals surface area contributed by atoms with Gasteiger partial charge in [0.25, 0.3) is 0 Å². The lowest BCUT2D eigenvalue weighted by Crippen LogP contribution is -2.29. The van der Waals surface area contributed by atoms with Gasteiger partial charge >= 0.3 is 18.4 Å². The Morgan fingerprint density at radius 3 is 1.67 bits per heavy atom. The molecule has 168 valence electrons. The molecule has 1 aromatic heterocycles. The van der Waals surface area contributed by atoms with Gasteiger partial charge in [-0.2, -0.15) is 5.26 Å². The number of hydrogen-bond acceptors (Lipinski definition) is 9. The molecular weight excluding hydrogens is 412 g/mol. The molecule has 0 aliphatic rings. The second-order valence-electron chi connectivity index (χ2n) is 8.93. The molecule has 0 spiro atoms. The summed E-state index contributed by atoms with van der Waals surface area (Å²) in [5.74, 6) is 0. The van der Waals surface area contributed by atoms with Crippen LogP contribution in [0.1, 0.15) is 67.9 Å². The molecule has 0 aliphatic carbocycles. The highest BCUT2D eigenvalue weighted by molar-refractivity contribution is 7.14. The molecule has 0 unspecified atom stereocenters. The van der Waals surface area contributed by atoms with E-state index in [1.165, 1.54) is 11.3 Å². The van der Waals surface area contributed by atoms with E-state index in [-0.39, 0.29) is 0 Å². The molecule has 1 N–H and O–H groups in total. The number of nitrogens with one attached hydrogen (secondary N) is 1. The number of rotatable bonds is 1. The minimum Gasteiger partial charge on any atom is -0.444 e.